The molecule has 0 aliphatic rings. The van der Waals surface area contributed by atoms with Crippen LogP contribution in [0.2, 0.25) is 5.02 Å². The summed E-state index contributed by atoms with van der Waals surface area (Å²) < 4.78 is 0. The third kappa shape index (κ3) is 2.78. The lowest BCUT2D eigenvalue weighted by Crippen LogP contribution is -2.04. The second kappa shape index (κ2) is 6.12. The highest BCUT2D eigenvalue weighted by atomic mass is 35.5. The number of hydrogen-bond acceptors (Lipinski definition) is 2. The Balaban J connectivity index is 2.21. The molecule has 0 amide bonds. The van der Waals surface area contributed by atoms with E-state index in [1.54, 1.807) is 24.3 Å². The molecule has 22 heavy (non-hydrogen) atoms. The Labute approximate surface area is 134 Å². The fourth-order valence-electron chi connectivity index (χ4n) is 2.63. The first-order chi connectivity index (χ1) is 10.7. The zero-order valence-corrected chi connectivity index (χ0v) is 12.5. The van der Waals surface area contributed by atoms with Crippen molar-refractivity contribution in [1.82, 2.24) is 0 Å². The molecule has 110 valence electrons. The van der Waals surface area contributed by atoms with Crippen LogP contribution in [0, 0.1) is 0 Å². The van der Waals surface area contributed by atoms with Crippen molar-refractivity contribution in [1.29, 1.82) is 0 Å². The van der Waals surface area contributed by atoms with Gasteiger partial charge in [0.25, 0.3) is 0 Å². The normalized spacial score (nSPS) is 12.0. The van der Waals surface area contributed by atoms with Gasteiger partial charge in [-0.25, -0.2) is 0 Å². The van der Waals surface area contributed by atoms with Gasteiger partial charge in [-0.2, -0.15) is 0 Å². The second-order valence-corrected chi connectivity index (χ2v) is 5.51. The van der Waals surface area contributed by atoms with Crippen LogP contribution in [-0.2, 0) is 0 Å². The van der Waals surface area contributed by atoms with Crippen LogP contribution in [0.15, 0.2) is 72.8 Å². The summed E-state index contributed by atoms with van der Waals surface area (Å²) in [5.74, 6) is 0.231. The van der Waals surface area contributed by atoms with E-state index in [1.165, 1.54) is 0 Å². The maximum atomic E-state index is 10.3. The Morgan fingerprint density at radius 1 is 0.682 bits per heavy atom. The lowest BCUT2D eigenvalue weighted by molar-refractivity contribution is 0.467. The van der Waals surface area contributed by atoms with Gasteiger partial charge in [0, 0.05) is 16.5 Å². The number of phenolic OH excluding ortho intramolecular Hbond substituents is 2. The lowest BCUT2D eigenvalue weighted by Gasteiger charge is -2.21. The van der Waals surface area contributed by atoms with Gasteiger partial charge >= 0.3 is 0 Å². The highest BCUT2D eigenvalue weighted by Gasteiger charge is 2.21. The zero-order valence-electron chi connectivity index (χ0n) is 11.8. The first-order valence-electron chi connectivity index (χ1n) is 6.98. The molecule has 3 rings (SSSR count). The fourth-order valence-corrected chi connectivity index (χ4v) is 2.88. The summed E-state index contributed by atoms with van der Waals surface area (Å²) >= 11 is 6.37. The Hall–Kier alpha value is -2.45. The van der Waals surface area contributed by atoms with Crippen LogP contribution < -0.4 is 0 Å². The van der Waals surface area contributed by atoms with Gasteiger partial charge in [-0.1, -0.05) is 60.1 Å². The van der Waals surface area contributed by atoms with Crippen LogP contribution in [0.25, 0.3) is 0 Å². The van der Waals surface area contributed by atoms with Crippen LogP contribution in [-0.4, -0.2) is 10.2 Å². The minimum Gasteiger partial charge on any atom is -0.508 e. The van der Waals surface area contributed by atoms with Crippen molar-refractivity contribution >= 4 is 11.6 Å². The topological polar surface area (TPSA) is 40.5 Å². The van der Waals surface area contributed by atoms with Crippen molar-refractivity contribution in [3.8, 4) is 11.5 Å². The van der Waals surface area contributed by atoms with Gasteiger partial charge in [-0.15, -0.1) is 0 Å². The second-order valence-electron chi connectivity index (χ2n) is 5.10. The molecule has 0 saturated carbocycles. The molecule has 0 fully saturated rings. The monoisotopic (exact) mass is 310 g/mol. The highest BCUT2D eigenvalue weighted by molar-refractivity contribution is 6.31. The van der Waals surface area contributed by atoms with E-state index in [-0.39, 0.29) is 17.4 Å². The van der Waals surface area contributed by atoms with Crippen molar-refractivity contribution in [3.05, 3.63) is 94.5 Å². The van der Waals surface area contributed by atoms with E-state index < -0.39 is 0 Å². The van der Waals surface area contributed by atoms with Crippen molar-refractivity contribution in [2.24, 2.45) is 0 Å². The van der Waals surface area contributed by atoms with Crippen molar-refractivity contribution in [2.75, 3.05) is 0 Å². The van der Waals surface area contributed by atoms with Crippen LogP contribution in [0.5, 0.6) is 11.5 Å². The number of aromatic hydroxyl groups is 2. The third-order valence-electron chi connectivity index (χ3n) is 3.69. The average molecular weight is 311 g/mol. The lowest BCUT2D eigenvalue weighted by atomic mass is 9.84. The third-order valence-corrected chi connectivity index (χ3v) is 4.03. The Bertz CT molecular complexity index is 736. The van der Waals surface area contributed by atoms with E-state index in [4.69, 9.17) is 11.6 Å². The van der Waals surface area contributed by atoms with E-state index in [0.29, 0.717) is 5.02 Å². The van der Waals surface area contributed by atoms with Crippen molar-refractivity contribution < 1.29 is 10.2 Å². The standard InChI is InChI=1S/C19H15ClO2/c20-17-7-3-1-5-15(17)19(13-9-11-14(21)12-10-13)16-6-2-4-8-18(16)22/h1-12,19,21-22H. The first kappa shape index (κ1) is 14.5. The molecule has 0 heterocycles. The molecule has 0 aliphatic carbocycles. The van der Waals surface area contributed by atoms with E-state index in [0.717, 1.165) is 16.7 Å². The highest BCUT2D eigenvalue weighted by Crippen LogP contribution is 2.39. The number of benzene rings is 3. The minimum absolute atomic E-state index is 0.199. The smallest absolute Gasteiger partial charge is 0.119 e. The Morgan fingerprint density at radius 2 is 1.27 bits per heavy atom. The number of phenols is 2. The van der Waals surface area contributed by atoms with Gasteiger partial charge in [-0.3, -0.25) is 0 Å². The molecule has 3 aromatic carbocycles. The van der Waals surface area contributed by atoms with Gasteiger partial charge in [0.05, 0.1) is 0 Å². The number of rotatable bonds is 3. The van der Waals surface area contributed by atoms with E-state index in [9.17, 15) is 10.2 Å². The maximum absolute atomic E-state index is 10.3. The van der Waals surface area contributed by atoms with Crippen LogP contribution in [0.4, 0.5) is 0 Å². The zero-order chi connectivity index (χ0) is 15.5. The Kier molecular flexibility index (Phi) is 4.03. The van der Waals surface area contributed by atoms with Gasteiger partial charge in [-0.05, 0) is 35.4 Å². The van der Waals surface area contributed by atoms with Crippen molar-refractivity contribution in [3.63, 3.8) is 0 Å². The summed E-state index contributed by atoms with van der Waals surface area (Å²) in [6.07, 6.45) is 0. The van der Waals surface area contributed by atoms with Crippen LogP contribution in [0.1, 0.15) is 22.6 Å². The maximum Gasteiger partial charge on any atom is 0.119 e. The average Bonchev–Trinajstić information content (AvgIpc) is 2.53. The molecule has 0 saturated heterocycles. The SMILES string of the molecule is Oc1ccc(C(c2ccccc2O)c2ccccc2Cl)cc1. The molecule has 1 atom stereocenters. The van der Waals surface area contributed by atoms with E-state index in [1.807, 2.05) is 48.5 Å². The fraction of sp³-hybridized carbons (Fsp3) is 0.0526. The quantitative estimate of drug-likeness (QED) is 0.673. The van der Waals surface area contributed by atoms with Crippen LogP contribution >= 0.6 is 11.6 Å². The minimum atomic E-state index is -0.199. The van der Waals surface area contributed by atoms with E-state index >= 15 is 0 Å². The summed E-state index contributed by atoms with van der Waals surface area (Å²) in [6.45, 7) is 0. The molecular weight excluding hydrogens is 296 g/mol. The molecule has 2 N–H and O–H groups in total. The summed E-state index contributed by atoms with van der Waals surface area (Å²) in [5.41, 5.74) is 2.64. The molecule has 2 nitrogen and oxygen atoms in total. The Morgan fingerprint density at radius 3 is 1.91 bits per heavy atom. The molecule has 1 unspecified atom stereocenters. The number of halogens is 1. The first-order valence-corrected chi connectivity index (χ1v) is 7.36. The molecule has 0 spiro atoms. The predicted molar refractivity (Wildman–Crippen MR) is 88.6 cm³/mol. The molecule has 0 radical (unpaired) electrons. The largest absolute Gasteiger partial charge is 0.508 e. The van der Waals surface area contributed by atoms with Gasteiger partial charge in [0.2, 0.25) is 0 Å². The van der Waals surface area contributed by atoms with Gasteiger partial charge in [0.15, 0.2) is 0 Å². The molecule has 0 aromatic heterocycles. The molecule has 3 heteroatoms. The molecule has 3 aromatic rings. The number of hydrogen-bond donors (Lipinski definition) is 2. The number of para-hydroxylation sites is 1. The molecule has 0 aliphatic heterocycles. The van der Waals surface area contributed by atoms with Crippen LogP contribution in [0.3, 0.4) is 0 Å². The summed E-state index contributed by atoms with van der Waals surface area (Å²) in [4.78, 5) is 0. The summed E-state index contributed by atoms with van der Waals surface area (Å²) in [7, 11) is 0. The van der Waals surface area contributed by atoms with E-state index in [2.05, 4.69) is 0 Å². The van der Waals surface area contributed by atoms with Gasteiger partial charge in [0.1, 0.15) is 11.5 Å². The van der Waals surface area contributed by atoms with Crippen molar-refractivity contribution in [2.45, 2.75) is 5.92 Å². The molecule has 0 bridgehead atoms. The summed E-state index contributed by atoms with van der Waals surface area (Å²) in [5, 5.41) is 20.4. The van der Waals surface area contributed by atoms with Gasteiger partial charge < -0.3 is 10.2 Å². The summed E-state index contributed by atoms with van der Waals surface area (Å²) in [6, 6.07) is 21.8. The molecular formula is C19H15ClO2. The predicted octanol–water partition coefficient (Wildman–Crippen LogP) is 4.93.